The lowest BCUT2D eigenvalue weighted by Crippen LogP contribution is -2.15. The lowest BCUT2D eigenvalue weighted by Gasteiger charge is -2.11. The van der Waals surface area contributed by atoms with Gasteiger partial charge in [-0.15, -0.1) is 0 Å². The zero-order valence-electron chi connectivity index (χ0n) is 10.0. The number of sulfonamides is 1. The highest BCUT2D eigenvalue weighted by Crippen LogP contribution is 2.21. The molecule has 0 saturated heterocycles. The van der Waals surface area contributed by atoms with Gasteiger partial charge in [0.15, 0.2) is 0 Å². The number of rotatable bonds is 4. The molecule has 0 saturated carbocycles. The molecule has 0 spiro atoms. The van der Waals surface area contributed by atoms with Crippen molar-refractivity contribution in [3.05, 3.63) is 59.1 Å². The number of anilines is 1. The standard InChI is InChI=1S/C13H13ClN2O2S/c14-11-6-2-1-5-10(11)9-16-12-7-3-4-8-13(12)19(15,17)18/h1-8,16H,9H2,(H2,15,17,18). The summed E-state index contributed by atoms with van der Waals surface area (Å²) in [5.41, 5.74) is 1.35. The fourth-order valence-electron chi connectivity index (χ4n) is 1.69. The summed E-state index contributed by atoms with van der Waals surface area (Å²) in [6.45, 7) is 0.423. The van der Waals surface area contributed by atoms with Crippen LogP contribution in [0.25, 0.3) is 0 Å². The summed E-state index contributed by atoms with van der Waals surface area (Å²) in [5, 5.41) is 8.82. The van der Waals surface area contributed by atoms with Crippen LogP contribution in [0.15, 0.2) is 53.4 Å². The smallest absolute Gasteiger partial charge is 0.240 e. The maximum absolute atomic E-state index is 11.4. The van der Waals surface area contributed by atoms with E-state index in [9.17, 15) is 8.42 Å². The number of hydrogen-bond donors (Lipinski definition) is 2. The van der Waals surface area contributed by atoms with Gasteiger partial charge in [0, 0.05) is 11.6 Å². The molecule has 0 aliphatic rings. The molecule has 0 aromatic heterocycles. The Morgan fingerprint density at radius 3 is 2.37 bits per heavy atom. The molecule has 0 aliphatic heterocycles. The van der Waals surface area contributed by atoms with Gasteiger partial charge in [-0.1, -0.05) is 41.9 Å². The van der Waals surface area contributed by atoms with E-state index in [4.69, 9.17) is 16.7 Å². The van der Waals surface area contributed by atoms with Crippen LogP contribution in [0.5, 0.6) is 0 Å². The van der Waals surface area contributed by atoms with Crippen LogP contribution in [0.4, 0.5) is 5.69 Å². The molecule has 100 valence electrons. The third-order valence-electron chi connectivity index (χ3n) is 2.62. The molecule has 0 bridgehead atoms. The van der Waals surface area contributed by atoms with Gasteiger partial charge in [0.25, 0.3) is 0 Å². The zero-order valence-corrected chi connectivity index (χ0v) is 11.6. The molecule has 0 unspecified atom stereocenters. The third kappa shape index (κ3) is 3.47. The first-order chi connectivity index (χ1) is 8.98. The first kappa shape index (κ1) is 13.9. The fourth-order valence-corrected chi connectivity index (χ4v) is 2.61. The van der Waals surface area contributed by atoms with Gasteiger partial charge in [-0.25, -0.2) is 13.6 Å². The van der Waals surface area contributed by atoms with Crippen molar-refractivity contribution in [3.63, 3.8) is 0 Å². The molecule has 2 aromatic rings. The number of primary sulfonamides is 1. The highest BCUT2D eigenvalue weighted by Gasteiger charge is 2.12. The van der Waals surface area contributed by atoms with Gasteiger partial charge in [0.05, 0.1) is 5.69 Å². The van der Waals surface area contributed by atoms with Crippen LogP contribution in [-0.2, 0) is 16.6 Å². The van der Waals surface area contributed by atoms with E-state index in [0.29, 0.717) is 17.3 Å². The van der Waals surface area contributed by atoms with Gasteiger partial charge in [-0.2, -0.15) is 0 Å². The van der Waals surface area contributed by atoms with Crippen LogP contribution in [0, 0.1) is 0 Å². The van der Waals surface area contributed by atoms with E-state index in [1.165, 1.54) is 6.07 Å². The normalized spacial score (nSPS) is 11.3. The number of benzene rings is 2. The monoisotopic (exact) mass is 296 g/mol. The Morgan fingerprint density at radius 2 is 1.68 bits per heavy atom. The van der Waals surface area contributed by atoms with E-state index in [-0.39, 0.29) is 4.90 Å². The predicted molar refractivity (Wildman–Crippen MR) is 76.6 cm³/mol. The quantitative estimate of drug-likeness (QED) is 0.911. The van der Waals surface area contributed by atoms with Crippen LogP contribution in [0.3, 0.4) is 0 Å². The van der Waals surface area contributed by atoms with Crippen molar-refractivity contribution in [2.24, 2.45) is 5.14 Å². The first-order valence-corrected chi connectivity index (χ1v) is 7.50. The molecule has 3 N–H and O–H groups in total. The second-order valence-electron chi connectivity index (χ2n) is 3.99. The molecule has 0 heterocycles. The van der Waals surface area contributed by atoms with E-state index in [1.54, 1.807) is 24.3 Å². The third-order valence-corrected chi connectivity index (χ3v) is 3.96. The maximum atomic E-state index is 11.4. The van der Waals surface area contributed by atoms with Crippen molar-refractivity contribution < 1.29 is 8.42 Å². The Labute approximate surface area is 117 Å². The van der Waals surface area contributed by atoms with Gasteiger partial charge in [0.1, 0.15) is 4.90 Å². The van der Waals surface area contributed by atoms with Crippen LogP contribution in [-0.4, -0.2) is 8.42 Å². The minimum atomic E-state index is -3.74. The van der Waals surface area contributed by atoms with E-state index >= 15 is 0 Å². The van der Waals surface area contributed by atoms with Crippen LogP contribution in [0.1, 0.15) is 5.56 Å². The Morgan fingerprint density at radius 1 is 1.05 bits per heavy atom. The second kappa shape index (κ2) is 5.61. The van der Waals surface area contributed by atoms with E-state index < -0.39 is 10.0 Å². The predicted octanol–water partition coefficient (Wildman–Crippen LogP) is 2.60. The maximum Gasteiger partial charge on any atom is 0.240 e. The molecule has 0 radical (unpaired) electrons. The molecular weight excluding hydrogens is 284 g/mol. The molecule has 0 atom stereocenters. The average Bonchev–Trinajstić information content (AvgIpc) is 2.37. The average molecular weight is 297 g/mol. The van der Waals surface area contributed by atoms with Crippen LogP contribution in [0.2, 0.25) is 5.02 Å². The van der Waals surface area contributed by atoms with E-state index in [1.807, 2.05) is 18.2 Å². The molecule has 2 rings (SSSR count). The lowest BCUT2D eigenvalue weighted by molar-refractivity contribution is 0.598. The van der Waals surface area contributed by atoms with Crippen molar-refractivity contribution in [2.45, 2.75) is 11.4 Å². The van der Waals surface area contributed by atoms with Crippen molar-refractivity contribution in [1.82, 2.24) is 0 Å². The second-order valence-corrected chi connectivity index (χ2v) is 5.92. The van der Waals surface area contributed by atoms with Gasteiger partial charge in [0.2, 0.25) is 10.0 Å². The number of nitrogens with one attached hydrogen (secondary N) is 1. The molecule has 2 aromatic carbocycles. The van der Waals surface area contributed by atoms with E-state index in [0.717, 1.165) is 5.56 Å². The highest BCUT2D eigenvalue weighted by molar-refractivity contribution is 7.89. The summed E-state index contributed by atoms with van der Waals surface area (Å²) in [6.07, 6.45) is 0. The molecule has 19 heavy (non-hydrogen) atoms. The Hall–Kier alpha value is -1.56. The van der Waals surface area contributed by atoms with Gasteiger partial charge in [-0.3, -0.25) is 0 Å². The summed E-state index contributed by atoms with van der Waals surface area (Å²) in [7, 11) is -3.74. The number of nitrogens with two attached hydrogens (primary N) is 1. The molecule has 0 amide bonds. The minimum absolute atomic E-state index is 0.0713. The fraction of sp³-hybridized carbons (Fsp3) is 0.0769. The Balaban J connectivity index is 2.24. The summed E-state index contributed by atoms with van der Waals surface area (Å²) in [5.74, 6) is 0. The Bertz CT molecular complexity index is 687. The van der Waals surface area contributed by atoms with Crippen molar-refractivity contribution in [3.8, 4) is 0 Å². The zero-order chi connectivity index (χ0) is 13.9. The minimum Gasteiger partial charge on any atom is -0.380 e. The molecular formula is C13H13ClN2O2S. The SMILES string of the molecule is NS(=O)(=O)c1ccccc1NCc1ccccc1Cl. The topological polar surface area (TPSA) is 72.2 Å². The van der Waals surface area contributed by atoms with Gasteiger partial charge in [-0.05, 0) is 23.8 Å². The van der Waals surface area contributed by atoms with E-state index in [2.05, 4.69) is 5.32 Å². The molecule has 4 nitrogen and oxygen atoms in total. The number of para-hydroxylation sites is 1. The molecule has 0 aliphatic carbocycles. The highest BCUT2D eigenvalue weighted by atomic mass is 35.5. The van der Waals surface area contributed by atoms with Crippen LogP contribution >= 0.6 is 11.6 Å². The summed E-state index contributed by atoms with van der Waals surface area (Å²) < 4.78 is 22.9. The first-order valence-electron chi connectivity index (χ1n) is 5.57. The molecule has 6 heteroatoms. The van der Waals surface area contributed by atoms with Gasteiger partial charge < -0.3 is 5.32 Å². The molecule has 0 fully saturated rings. The summed E-state index contributed by atoms with van der Waals surface area (Å²) in [4.78, 5) is 0.0713. The van der Waals surface area contributed by atoms with Crippen molar-refractivity contribution in [2.75, 3.05) is 5.32 Å². The number of hydrogen-bond acceptors (Lipinski definition) is 3. The lowest BCUT2D eigenvalue weighted by atomic mass is 10.2. The summed E-state index contributed by atoms with van der Waals surface area (Å²) in [6, 6.07) is 13.8. The van der Waals surface area contributed by atoms with Crippen molar-refractivity contribution >= 4 is 27.3 Å². The van der Waals surface area contributed by atoms with Gasteiger partial charge >= 0.3 is 0 Å². The van der Waals surface area contributed by atoms with Crippen LogP contribution < -0.4 is 10.5 Å². The summed E-state index contributed by atoms with van der Waals surface area (Å²) >= 11 is 6.04. The largest absolute Gasteiger partial charge is 0.380 e. The Kier molecular flexibility index (Phi) is 4.09. The van der Waals surface area contributed by atoms with Crippen molar-refractivity contribution in [1.29, 1.82) is 0 Å². The number of halogens is 1.